The quantitative estimate of drug-likeness (QED) is 0.827. The monoisotopic (exact) mass is 237 g/mol. The second-order valence-electron chi connectivity index (χ2n) is 4.84. The molecule has 0 saturated heterocycles. The Morgan fingerprint density at radius 2 is 1.88 bits per heavy atom. The summed E-state index contributed by atoms with van der Waals surface area (Å²) in [7, 11) is 3.38. The van der Waals surface area contributed by atoms with Crippen molar-refractivity contribution >= 4 is 0 Å². The van der Waals surface area contributed by atoms with Gasteiger partial charge < -0.3 is 15.2 Å². The number of rotatable bonds is 6. The fraction of sp³-hybridized carbons (Fsp3) is 0.571. The molecule has 2 N–H and O–H groups in total. The summed E-state index contributed by atoms with van der Waals surface area (Å²) >= 11 is 0. The first-order valence-corrected chi connectivity index (χ1v) is 5.97. The zero-order chi connectivity index (χ0) is 12.9. The van der Waals surface area contributed by atoms with E-state index in [0.717, 1.165) is 30.9 Å². The van der Waals surface area contributed by atoms with Crippen LogP contribution in [0.4, 0.5) is 0 Å². The highest BCUT2D eigenvalue weighted by Crippen LogP contribution is 2.37. The first-order chi connectivity index (χ1) is 8.05. The normalized spacial score (nSPS) is 11.4. The Balaban J connectivity index is 3.07. The maximum atomic E-state index is 5.58. The van der Waals surface area contributed by atoms with E-state index < -0.39 is 0 Å². The lowest BCUT2D eigenvalue weighted by Crippen LogP contribution is -2.20. The Kier molecular flexibility index (Phi) is 4.82. The molecule has 0 unspecified atom stereocenters. The van der Waals surface area contributed by atoms with Gasteiger partial charge in [0.05, 0.1) is 14.2 Å². The number of benzene rings is 1. The second kappa shape index (κ2) is 5.92. The van der Waals surface area contributed by atoms with Gasteiger partial charge in [-0.3, -0.25) is 0 Å². The van der Waals surface area contributed by atoms with Gasteiger partial charge in [0.1, 0.15) is 11.5 Å². The van der Waals surface area contributed by atoms with Gasteiger partial charge in [-0.1, -0.05) is 13.8 Å². The third-order valence-corrected chi connectivity index (χ3v) is 3.14. The number of nitrogens with two attached hydrogens (primary N) is 1. The van der Waals surface area contributed by atoms with Gasteiger partial charge in [-0.15, -0.1) is 0 Å². The molecule has 0 aromatic heterocycles. The van der Waals surface area contributed by atoms with Crippen molar-refractivity contribution in [2.75, 3.05) is 20.8 Å². The van der Waals surface area contributed by atoms with E-state index in [0.29, 0.717) is 0 Å². The first kappa shape index (κ1) is 13.8. The van der Waals surface area contributed by atoms with Crippen LogP contribution in [0.25, 0.3) is 0 Å². The van der Waals surface area contributed by atoms with Crippen molar-refractivity contribution in [3.63, 3.8) is 0 Å². The molecule has 0 radical (unpaired) electrons. The van der Waals surface area contributed by atoms with Crippen LogP contribution in [0, 0.1) is 0 Å². The Bertz CT molecular complexity index is 361. The number of methoxy groups -OCH3 is 2. The van der Waals surface area contributed by atoms with Gasteiger partial charge in [-0.25, -0.2) is 0 Å². The van der Waals surface area contributed by atoms with Crippen molar-refractivity contribution in [3.8, 4) is 11.5 Å². The summed E-state index contributed by atoms with van der Waals surface area (Å²) in [4.78, 5) is 0. The molecular weight excluding hydrogens is 214 g/mol. The summed E-state index contributed by atoms with van der Waals surface area (Å²) in [5.74, 6) is 1.77. The molecule has 3 nitrogen and oxygen atoms in total. The van der Waals surface area contributed by atoms with Crippen LogP contribution >= 0.6 is 0 Å². The van der Waals surface area contributed by atoms with E-state index in [2.05, 4.69) is 19.9 Å². The fourth-order valence-corrected chi connectivity index (χ4v) is 2.02. The van der Waals surface area contributed by atoms with Crippen LogP contribution in [0.2, 0.25) is 0 Å². The molecule has 1 rings (SSSR count). The summed E-state index contributed by atoms with van der Waals surface area (Å²) in [5.41, 5.74) is 6.80. The molecule has 3 heteroatoms. The van der Waals surface area contributed by atoms with Crippen molar-refractivity contribution in [2.45, 2.75) is 32.1 Å². The van der Waals surface area contributed by atoms with Crippen LogP contribution in [0.5, 0.6) is 11.5 Å². The van der Waals surface area contributed by atoms with Crippen molar-refractivity contribution < 1.29 is 9.47 Å². The molecule has 0 bridgehead atoms. The van der Waals surface area contributed by atoms with Gasteiger partial charge >= 0.3 is 0 Å². The zero-order valence-electron chi connectivity index (χ0n) is 11.2. The number of ether oxygens (including phenoxy) is 2. The third kappa shape index (κ3) is 3.37. The Morgan fingerprint density at radius 3 is 2.41 bits per heavy atom. The van der Waals surface area contributed by atoms with Gasteiger partial charge in [-0.05, 0) is 43.0 Å². The summed E-state index contributed by atoms with van der Waals surface area (Å²) < 4.78 is 10.7. The van der Waals surface area contributed by atoms with Crippen LogP contribution in [-0.4, -0.2) is 20.8 Å². The van der Waals surface area contributed by atoms with Gasteiger partial charge in [0.25, 0.3) is 0 Å². The Morgan fingerprint density at radius 1 is 1.18 bits per heavy atom. The van der Waals surface area contributed by atoms with Crippen LogP contribution in [0.1, 0.15) is 32.3 Å². The molecule has 17 heavy (non-hydrogen) atoms. The lowest BCUT2D eigenvalue weighted by molar-refractivity contribution is 0.375. The van der Waals surface area contributed by atoms with Crippen LogP contribution in [-0.2, 0) is 5.41 Å². The Labute approximate surface area is 104 Å². The average molecular weight is 237 g/mol. The smallest absolute Gasteiger partial charge is 0.122 e. The molecule has 96 valence electrons. The van der Waals surface area contributed by atoms with E-state index in [4.69, 9.17) is 15.2 Å². The van der Waals surface area contributed by atoms with Gasteiger partial charge in [0.2, 0.25) is 0 Å². The average Bonchev–Trinajstić information content (AvgIpc) is 2.35. The molecule has 0 aliphatic rings. The molecule has 1 aromatic rings. The topological polar surface area (TPSA) is 44.5 Å². The predicted molar refractivity (Wildman–Crippen MR) is 70.9 cm³/mol. The summed E-state index contributed by atoms with van der Waals surface area (Å²) in [6.07, 6.45) is 2.04. The van der Waals surface area contributed by atoms with E-state index >= 15 is 0 Å². The molecule has 0 heterocycles. The van der Waals surface area contributed by atoms with Crippen LogP contribution < -0.4 is 15.2 Å². The molecule has 0 aliphatic heterocycles. The van der Waals surface area contributed by atoms with Crippen LogP contribution in [0.15, 0.2) is 18.2 Å². The van der Waals surface area contributed by atoms with Crippen molar-refractivity contribution in [2.24, 2.45) is 5.73 Å². The van der Waals surface area contributed by atoms with Crippen molar-refractivity contribution in [1.29, 1.82) is 0 Å². The van der Waals surface area contributed by atoms with E-state index in [9.17, 15) is 0 Å². The summed E-state index contributed by atoms with van der Waals surface area (Å²) in [6, 6.07) is 5.93. The predicted octanol–water partition coefficient (Wildman–Crippen LogP) is 2.72. The number of hydrogen-bond acceptors (Lipinski definition) is 3. The van der Waals surface area contributed by atoms with E-state index in [1.807, 2.05) is 12.1 Å². The summed E-state index contributed by atoms with van der Waals surface area (Å²) in [6.45, 7) is 5.13. The SMILES string of the molecule is COc1ccc(OC)c(C(C)(C)CCCN)c1. The highest BCUT2D eigenvalue weighted by Gasteiger charge is 2.24. The van der Waals surface area contributed by atoms with Crippen molar-refractivity contribution in [1.82, 2.24) is 0 Å². The zero-order valence-corrected chi connectivity index (χ0v) is 11.2. The maximum Gasteiger partial charge on any atom is 0.122 e. The molecule has 0 fully saturated rings. The fourth-order valence-electron chi connectivity index (χ4n) is 2.02. The minimum absolute atomic E-state index is 0.0409. The minimum atomic E-state index is 0.0409. The molecule has 0 atom stereocenters. The molecular formula is C14H23NO2. The minimum Gasteiger partial charge on any atom is -0.497 e. The highest BCUT2D eigenvalue weighted by molar-refractivity contribution is 5.44. The summed E-state index contributed by atoms with van der Waals surface area (Å²) in [5, 5.41) is 0. The van der Waals surface area contributed by atoms with E-state index in [-0.39, 0.29) is 5.41 Å². The lowest BCUT2D eigenvalue weighted by atomic mass is 9.80. The lowest BCUT2D eigenvalue weighted by Gasteiger charge is -2.27. The van der Waals surface area contributed by atoms with E-state index in [1.165, 1.54) is 5.56 Å². The molecule has 0 aliphatic carbocycles. The molecule has 0 spiro atoms. The standard InChI is InChI=1S/C14H23NO2/c1-14(2,8-5-9-15)12-10-11(16-3)6-7-13(12)17-4/h6-7,10H,5,8-9,15H2,1-4H3. The van der Waals surface area contributed by atoms with Gasteiger partial charge in [-0.2, -0.15) is 0 Å². The number of hydrogen-bond donors (Lipinski definition) is 1. The molecule has 0 amide bonds. The van der Waals surface area contributed by atoms with Gasteiger partial charge in [0.15, 0.2) is 0 Å². The molecule has 0 saturated carbocycles. The highest BCUT2D eigenvalue weighted by atomic mass is 16.5. The largest absolute Gasteiger partial charge is 0.497 e. The molecule has 1 aromatic carbocycles. The maximum absolute atomic E-state index is 5.58. The van der Waals surface area contributed by atoms with Crippen LogP contribution in [0.3, 0.4) is 0 Å². The van der Waals surface area contributed by atoms with E-state index in [1.54, 1.807) is 14.2 Å². The first-order valence-electron chi connectivity index (χ1n) is 5.97. The Hall–Kier alpha value is -1.22. The van der Waals surface area contributed by atoms with Crippen molar-refractivity contribution in [3.05, 3.63) is 23.8 Å². The third-order valence-electron chi connectivity index (χ3n) is 3.14. The van der Waals surface area contributed by atoms with Gasteiger partial charge in [0, 0.05) is 5.56 Å². The second-order valence-corrected chi connectivity index (χ2v) is 4.84.